The molecule has 1 aromatic rings. The van der Waals surface area contributed by atoms with Crippen LogP contribution in [0.3, 0.4) is 0 Å². The second kappa shape index (κ2) is 6.10. The molecule has 0 aliphatic carbocycles. The van der Waals surface area contributed by atoms with Crippen molar-refractivity contribution < 1.29 is 4.39 Å². The highest BCUT2D eigenvalue weighted by Crippen LogP contribution is 2.23. The molecule has 3 nitrogen and oxygen atoms in total. The van der Waals surface area contributed by atoms with Crippen LogP contribution in [0.5, 0.6) is 0 Å². The standard InChI is InChI=1S/C16H24FN3/c17-16-13(5-4-6-15(16)18)11-19-10-7-14(12-19)20-8-2-1-3-9-20/h4-6,14H,1-3,7-12,18H2. The Morgan fingerprint density at radius 1 is 1.15 bits per heavy atom. The molecule has 0 aromatic heterocycles. The largest absolute Gasteiger partial charge is 0.396 e. The van der Waals surface area contributed by atoms with Gasteiger partial charge < -0.3 is 5.73 Å². The molecule has 1 atom stereocenters. The number of halogens is 1. The van der Waals surface area contributed by atoms with Crippen LogP contribution < -0.4 is 5.73 Å². The van der Waals surface area contributed by atoms with Crippen LogP contribution in [0.15, 0.2) is 18.2 Å². The lowest BCUT2D eigenvalue weighted by atomic mass is 10.1. The summed E-state index contributed by atoms with van der Waals surface area (Å²) in [5, 5.41) is 0. The fraction of sp³-hybridized carbons (Fsp3) is 0.625. The maximum Gasteiger partial charge on any atom is 0.150 e. The Balaban J connectivity index is 1.58. The van der Waals surface area contributed by atoms with E-state index in [4.69, 9.17) is 5.73 Å². The molecule has 1 unspecified atom stereocenters. The molecule has 2 aliphatic heterocycles. The van der Waals surface area contributed by atoms with Gasteiger partial charge in [0.05, 0.1) is 5.69 Å². The van der Waals surface area contributed by atoms with Crippen molar-refractivity contribution in [2.45, 2.75) is 38.3 Å². The fourth-order valence-corrected chi connectivity index (χ4v) is 3.50. The van der Waals surface area contributed by atoms with E-state index in [9.17, 15) is 4.39 Å². The third-order valence-corrected chi connectivity index (χ3v) is 4.66. The minimum atomic E-state index is -0.242. The topological polar surface area (TPSA) is 32.5 Å². The number of likely N-dealkylation sites (tertiary alicyclic amines) is 2. The van der Waals surface area contributed by atoms with E-state index < -0.39 is 0 Å². The van der Waals surface area contributed by atoms with Crippen molar-refractivity contribution in [3.05, 3.63) is 29.6 Å². The van der Waals surface area contributed by atoms with E-state index >= 15 is 0 Å². The maximum absolute atomic E-state index is 13.9. The molecule has 4 heteroatoms. The molecule has 2 N–H and O–H groups in total. The van der Waals surface area contributed by atoms with Crippen LogP contribution in [0.4, 0.5) is 10.1 Å². The normalized spacial score (nSPS) is 25.1. The van der Waals surface area contributed by atoms with Gasteiger partial charge in [0.15, 0.2) is 5.82 Å². The molecule has 0 bridgehead atoms. The van der Waals surface area contributed by atoms with E-state index in [1.807, 2.05) is 12.1 Å². The zero-order valence-electron chi connectivity index (χ0n) is 12.0. The summed E-state index contributed by atoms with van der Waals surface area (Å²) < 4.78 is 13.9. The first-order valence-corrected chi connectivity index (χ1v) is 7.73. The highest BCUT2D eigenvalue weighted by molar-refractivity contribution is 5.42. The van der Waals surface area contributed by atoms with Crippen molar-refractivity contribution in [1.29, 1.82) is 0 Å². The van der Waals surface area contributed by atoms with Crippen molar-refractivity contribution in [3.8, 4) is 0 Å². The van der Waals surface area contributed by atoms with Gasteiger partial charge in [0, 0.05) is 31.2 Å². The van der Waals surface area contributed by atoms with Crippen LogP contribution in [-0.2, 0) is 6.54 Å². The van der Waals surface area contributed by atoms with Gasteiger partial charge in [0.1, 0.15) is 0 Å². The fourth-order valence-electron chi connectivity index (χ4n) is 3.50. The van der Waals surface area contributed by atoms with Crippen molar-refractivity contribution in [2.24, 2.45) is 0 Å². The zero-order chi connectivity index (χ0) is 13.9. The average Bonchev–Trinajstić information content (AvgIpc) is 2.93. The molecular formula is C16H24FN3. The first kappa shape index (κ1) is 13.8. The molecular weight excluding hydrogens is 253 g/mol. The number of hydrogen-bond donors (Lipinski definition) is 1. The maximum atomic E-state index is 13.9. The van der Waals surface area contributed by atoms with E-state index in [1.165, 1.54) is 38.8 Å². The van der Waals surface area contributed by atoms with Crippen molar-refractivity contribution >= 4 is 5.69 Å². The Hall–Kier alpha value is -1.13. The summed E-state index contributed by atoms with van der Waals surface area (Å²) in [7, 11) is 0. The molecule has 2 heterocycles. The second-order valence-corrected chi connectivity index (χ2v) is 6.09. The van der Waals surface area contributed by atoms with Crippen LogP contribution >= 0.6 is 0 Å². The van der Waals surface area contributed by atoms with Gasteiger partial charge in [-0.1, -0.05) is 18.6 Å². The van der Waals surface area contributed by atoms with Gasteiger partial charge in [-0.2, -0.15) is 0 Å². The van der Waals surface area contributed by atoms with E-state index in [0.29, 0.717) is 12.6 Å². The van der Waals surface area contributed by atoms with Crippen LogP contribution in [0, 0.1) is 5.82 Å². The minimum absolute atomic E-state index is 0.242. The third kappa shape index (κ3) is 2.96. The Morgan fingerprint density at radius 3 is 2.75 bits per heavy atom. The van der Waals surface area contributed by atoms with Crippen molar-refractivity contribution in [1.82, 2.24) is 9.80 Å². The molecule has 2 aliphatic rings. The zero-order valence-corrected chi connectivity index (χ0v) is 12.0. The number of rotatable bonds is 3. The monoisotopic (exact) mass is 277 g/mol. The van der Waals surface area contributed by atoms with E-state index in [1.54, 1.807) is 6.07 Å². The molecule has 2 fully saturated rings. The number of benzene rings is 1. The molecule has 0 radical (unpaired) electrons. The first-order chi connectivity index (χ1) is 9.74. The summed E-state index contributed by atoms with van der Waals surface area (Å²) in [4.78, 5) is 4.98. The number of anilines is 1. The van der Waals surface area contributed by atoms with Crippen LogP contribution in [0.25, 0.3) is 0 Å². The number of hydrogen-bond acceptors (Lipinski definition) is 3. The number of piperidine rings is 1. The summed E-state index contributed by atoms with van der Waals surface area (Å²) in [5.41, 5.74) is 6.62. The Morgan fingerprint density at radius 2 is 1.95 bits per heavy atom. The molecule has 0 spiro atoms. The first-order valence-electron chi connectivity index (χ1n) is 7.73. The van der Waals surface area contributed by atoms with Gasteiger partial charge in [-0.05, 0) is 38.4 Å². The molecule has 1 aromatic carbocycles. The number of nitrogens with zero attached hydrogens (tertiary/aromatic N) is 2. The molecule has 0 amide bonds. The average molecular weight is 277 g/mol. The predicted molar refractivity (Wildman–Crippen MR) is 79.9 cm³/mol. The quantitative estimate of drug-likeness (QED) is 0.862. The predicted octanol–water partition coefficient (Wildman–Crippen LogP) is 2.47. The highest BCUT2D eigenvalue weighted by atomic mass is 19.1. The lowest BCUT2D eigenvalue weighted by Gasteiger charge is -2.32. The van der Waals surface area contributed by atoms with E-state index in [-0.39, 0.29) is 11.5 Å². The van der Waals surface area contributed by atoms with Gasteiger partial charge in [-0.15, -0.1) is 0 Å². The third-order valence-electron chi connectivity index (χ3n) is 4.66. The number of nitrogen functional groups attached to an aromatic ring is 1. The summed E-state index contributed by atoms with van der Waals surface area (Å²) in [6.07, 6.45) is 5.26. The number of nitrogens with two attached hydrogens (primary N) is 1. The lowest BCUT2D eigenvalue weighted by Crippen LogP contribution is -2.40. The van der Waals surface area contributed by atoms with Crippen molar-refractivity contribution in [3.63, 3.8) is 0 Å². The van der Waals surface area contributed by atoms with Crippen LogP contribution in [0.2, 0.25) is 0 Å². The molecule has 2 saturated heterocycles. The lowest BCUT2D eigenvalue weighted by molar-refractivity contribution is 0.161. The Bertz CT molecular complexity index is 457. The van der Waals surface area contributed by atoms with Gasteiger partial charge in [-0.3, -0.25) is 9.80 Å². The molecule has 0 saturated carbocycles. The second-order valence-electron chi connectivity index (χ2n) is 6.09. The SMILES string of the molecule is Nc1cccc(CN2CCC(N3CCCCC3)C2)c1F. The van der Waals surface area contributed by atoms with E-state index in [0.717, 1.165) is 18.7 Å². The molecule has 110 valence electrons. The Kier molecular flexibility index (Phi) is 4.22. The summed E-state index contributed by atoms with van der Waals surface area (Å²) in [6.45, 7) is 5.29. The summed E-state index contributed by atoms with van der Waals surface area (Å²) in [6, 6.07) is 5.98. The Labute approximate surface area is 120 Å². The summed E-state index contributed by atoms with van der Waals surface area (Å²) >= 11 is 0. The highest BCUT2D eigenvalue weighted by Gasteiger charge is 2.28. The molecule has 3 rings (SSSR count). The summed E-state index contributed by atoms with van der Waals surface area (Å²) in [5.74, 6) is -0.242. The minimum Gasteiger partial charge on any atom is -0.396 e. The van der Waals surface area contributed by atoms with Gasteiger partial charge in [0.25, 0.3) is 0 Å². The van der Waals surface area contributed by atoms with Crippen LogP contribution in [0.1, 0.15) is 31.2 Å². The van der Waals surface area contributed by atoms with Gasteiger partial charge >= 0.3 is 0 Å². The van der Waals surface area contributed by atoms with Gasteiger partial charge in [-0.25, -0.2) is 4.39 Å². The van der Waals surface area contributed by atoms with Gasteiger partial charge in [0.2, 0.25) is 0 Å². The van der Waals surface area contributed by atoms with E-state index in [2.05, 4.69) is 9.80 Å². The smallest absolute Gasteiger partial charge is 0.150 e. The molecule has 20 heavy (non-hydrogen) atoms. The van der Waals surface area contributed by atoms with Crippen molar-refractivity contribution in [2.75, 3.05) is 31.9 Å². The van der Waals surface area contributed by atoms with Crippen LogP contribution in [-0.4, -0.2) is 42.0 Å².